The Balaban J connectivity index is 1.80. The highest BCUT2D eigenvalue weighted by molar-refractivity contribution is 7.11. The van der Waals surface area contributed by atoms with E-state index in [1.807, 2.05) is 24.4 Å². The zero-order chi connectivity index (χ0) is 18.1. The Morgan fingerprint density at radius 2 is 2.00 bits per heavy atom. The first-order chi connectivity index (χ1) is 12.2. The molecule has 0 aliphatic heterocycles. The minimum atomic E-state index is 0.681. The number of hydrogen-bond donors (Lipinski definition) is 2. The van der Waals surface area contributed by atoms with Crippen LogP contribution in [0.3, 0.4) is 0 Å². The van der Waals surface area contributed by atoms with Crippen LogP contribution in [0.1, 0.15) is 22.4 Å². The number of guanidine groups is 1. The van der Waals surface area contributed by atoms with E-state index < -0.39 is 0 Å². The van der Waals surface area contributed by atoms with E-state index in [2.05, 4.69) is 27.5 Å². The molecule has 1 heterocycles. The minimum Gasteiger partial charge on any atom is -0.493 e. The molecule has 0 atom stereocenters. The summed E-state index contributed by atoms with van der Waals surface area (Å²) in [5, 5.41) is 7.68. The minimum absolute atomic E-state index is 0.681. The van der Waals surface area contributed by atoms with Gasteiger partial charge in [0.1, 0.15) is 5.01 Å². The topological polar surface area (TPSA) is 67.8 Å². The molecule has 1 aromatic heterocycles. The Kier molecular flexibility index (Phi) is 7.53. The fourth-order valence-electron chi connectivity index (χ4n) is 2.33. The third-order valence-corrected chi connectivity index (χ3v) is 4.88. The Labute approximate surface area is 153 Å². The maximum Gasteiger partial charge on any atom is 0.191 e. The standard InChI is InChI=1S/C18H26N4O2S/c1-5-14-11-21-17(25-14)12-22-18(19-2)20-9-8-13-6-7-15(23-3)16(10-13)24-4/h6-7,10-11H,5,8-9,12H2,1-4H3,(H2,19,20,22). The van der Waals surface area contributed by atoms with E-state index in [1.54, 1.807) is 32.6 Å². The van der Waals surface area contributed by atoms with Crippen LogP contribution in [0.2, 0.25) is 0 Å². The predicted molar refractivity (Wildman–Crippen MR) is 103 cm³/mol. The van der Waals surface area contributed by atoms with Gasteiger partial charge in [0.2, 0.25) is 0 Å². The molecule has 0 unspecified atom stereocenters. The number of ether oxygens (including phenoxy) is 2. The second-order valence-electron chi connectivity index (χ2n) is 5.37. The van der Waals surface area contributed by atoms with Gasteiger partial charge in [0, 0.05) is 24.7 Å². The highest BCUT2D eigenvalue weighted by Crippen LogP contribution is 2.27. The second-order valence-corrected chi connectivity index (χ2v) is 6.57. The predicted octanol–water partition coefficient (Wildman–Crippen LogP) is 2.63. The number of aromatic nitrogens is 1. The summed E-state index contributed by atoms with van der Waals surface area (Å²) < 4.78 is 10.6. The van der Waals surface area contributed by atoms with Crippen molar-refractivity contribution in [2.75, 3.05) is 27.8 Å². The number of methoxy groups -OCH3 is 2. The normalized spacial score (nSPS) is 11.3. The lowest BCUT2D eigenvalue weighted by Crippen LogP contribution is -2.37. The van der Waals surface area contributed by atoms with Crippen molar-refractivity contribution in [1.82, 2.24) is 15.6 Å². The number of aryl methyl sites for hydroxylation is 1. The molecule has 0 aliphatic rings. The molecule has 1 aromatic carbocycles. The van der Waals surface area contributed by atoms with Crippen molar-refractivity contribution in [3.63, 3.8) is 0 Å². The number of aliphatic imine (C=N–C) groups is 1. The van der Waals surface area contributed by atoms with Crippen molar-refractivity contribution in [2.24, 2.45) is 4.99 Å². The Morgan fingerprint density at radius 1 is 1.20 bits per heavy atom. The van der Waals surface area contributed by atoms with Crippen molar-refractivity contribution in [2.45, 2.75) is 26.3 Å². The van der Waals surface area contributed by atoms with Crippen molar-refractivity contribution < 1.29 is 9.47 Å². The van der Waals surface area contributed by atoms with E-state index in [4.69, 9.17) is 9.47 Å². The molecule has 0 bridgehead atoms. The molecule has 0 aliphatic carbocycles. The summed E-state index contributed by atoms with van der Waals surface area (Å²) in [6.07, 6.45) is 3.82. The van der Waals surface area contributed by atoms with Gasteiger partial charge < -0.3 is 20.1 Å². The molecule has 0 saturated carbocycles. The van der Waals surface area contributed by atoms with Gasteiger partial charge in [0.15, 0.2) is 17.5 Å². The number of benzene rings is 1. The molecular formula is C18H26N4O2S. The Hall–Kier alpha value is -2.28. The third kappa shape index (κ3) is 5.63. The average molecular weight is 362 g/mol. The molecule has 0 amide bonds. The van der Waals surface area contributed by atoms with E-state index >= 15 is 0 Å². The van der Waals surface area contributed by atoms with Crippen molar-refractivity contribution in [3.8, 4) is 11.5 Å². The summed E-state index contributed by atoms with van der Waals surface area (Å²) in [6.45, 7) is 3.59. The summed E-state index contributed by atoms with van der Waals surface area (Å²) in [6, 6.07) is 5.97. The van der Waals surface area contributed by atoms with Crippen LogP contribution in [0.4, 0.5) is 0 Å². The molecule has 0 fully saturated rings. The lowest BCUT2D eigenvalue weighted by molar-refractivity contribution is 0.354. The smallest absolute Gasteiger partial charge is 0.191 e. The first kappa shape index (κ1) is 19.1. The maximum atomic E-state index is 5.34. The van der Waals surface area contributed by atoms with Crippen LogP contribution in [0.25, 0.3) is 0 Å². The summed E-state index contributed by atoms with van der Waals surface area (Å²) in [5.41, 5.74) is 1.17. The second kappa shape index (κ2) is 9.88. The van der Waals surface area contributed by atoms with E-state index in [9.17, 15) is 0 Å². The van der Waals surface area contributed by atoms with Gasteiger partial charge in [-0.3, -0.25) is 4.99 Å². The number of rotatable bonds is 8. The average Bonchev–Trinajstić information content (AvgIpc) is 3.12. The lowest BCUT2D eigenvalue weighted by Gasteiger charge is -2.12. The fourth-order valence-corrected chi connectivity index (χ4v) is 3.14. The number of hydrogen-bond acceptors (Lipinski definition) is 5. The van der Waals surface area contributed by atoms with E-state index in [-0.39, 0.29) is 0 Å². The molecular weight excluding hydrogens is 336 g/mol. The molecule has 136 valence electrons. The monoisotopic (exact) mass is 362 g/mol. The van der Waals surface area contributed by atoms with Crippen LogP contribution < -0.4 is 20.1 Å². The molecule has 2 N–H and O–H groups in total. The molecule has 0 radical (unpaired) electrons. The lowest BCUT2D eigenvalue weighted by atomic mass is 10.1. The number of nitrogens with one attached hydrogen (secondary N) is 2. The maximum absolute atomic E-state index is 5.34. The van der Waals surface area contributed by atoms with Gasteiger partial charge in [0.25, 0.3) is 0 Å². The first-order valence-corrected chi connectivity index (χ1v) is 9.10. The van der Waals surface area contributed by atoms with Crippen LogP contribution in [0.15, 0.2) is 29.4 Å². The van der Waals surface area contributed by atoms with Gasteiger partial charge in [0.05, 0.1) is 20.8 Å². The molecule has 7 heteroatoms. The van der Waals surface area contributed by atoms with Crippen molar-refractivity contribution in [1.29, 1.82) is 0 Å². The SMILES string of the molecule is CCc1cnc(CNC(=NC)NCCc2ccc(OC)c(OC)c2)s1. The van der Waals surface area contributed by atoms with Gasteiger partial charge in [-0.15, -0.1) is 11.3 Å². The van der Waals surface area contributed by atoms with Gasteiger partial charge in [-0.25, -0.2) is 4.98 Å². The van der Waals surface area contributed by atoms with Crippen LogP contribution in [-0.4, -0.2) is 38.8 Å². The molecule has 2 aromatic rings. The van der Waals surface area contributed by atoms with Gasteiger partial charge in [-0.2, -0.15) is 0 Å². The number of thiazole rings is 1. The highest BCUT2D eigenvalue weighted by atomic mass is 32.1. The van der Waals surface area contributed by atoms with E-state index in [0.717, 1.165) is 41.9 Å². The molecule has 6 nitrogen and oxygen atoms in total. The summed E-state index contributed by atoms with van der Waals surface area (Å²) in [5.74, 6) is 2.26. The molecule has 0 saturated heterocycles. The molecule has 0 spiro atoms. The van der Waals surface area contributed by atoms with E-state index in [0.29, 0.717) is 6.54 Å². The van der Waals surface area contributed by atoms with Crippen LogP contribution in [-0.2, 0) is 19.4 Å². The summed E-state index contributed by atoms with van der Waals surface area (Å²) in [7, 11) is 5.06. The summed E-state index contributed by atoms with van der Waals surface area (Å²) >= 11 is 1.73. The van der Waals surface area contributed by atoms with Gasteiger partial charge >= 0.3 is 0 Å². The van der Waals surface area contributed by atoms with E-state index in [1.165, 1.54) is 10.4 Å². The Morgan fingerprint density at radius 3 is 2.64 bits per heavy atom. The Bertz CT molecular complexity index is 700. The first-order valence-electron chi connectivity index (χ1n) is 8.29. The highest BCUT2D eigenvalue weighted by Gasteiger charge is 2.06. The van der Waals surface area contributed by atoms with Crippen LogP contribution in [0.5, 0.6) is 11.5 Å². The summed E-state index contributed by atoms with van der Waals surface area (Å²) in [4.78, 5) is 9.95. The van der Waals surface area contributed by atoms with Gasteiger partial charge in [-0.1, -0.05) is 13.0 Å². The number of nitrogens with zero attached hydrogens (tertiary/aromatic N) is 2. The third-order valence-electron chi connectivity index (χ3n) is 3.73. The zero-order valence-corrected chi connectivity index (χ0v) is 16.1. The molecule has 2 rings (SSSR count). The quantitative estimate of drug-likeness (QED) is 0.558. The zero-order valence-electron chi connectivity index (χ0n) is 15.3. The van der Waals surface area contributed by atoms with Crippen LogP contribution in [0, 0.1) is 0 Å². The fraction of sp³-hybridized carbons (Fsp3) is 0.444. The van der Waals surface area contributed by atoms with Gasteiger partial charge in [-0.05, 0) is 30.5 Å². The van der Waals surface area contributed by atoms with Crippen LogP contribution >= 0.6 is 11.3 Å². The van der Waals surface area contributed by atoms with Crippen molar-refractivity contribution in [3.05, 3.63) is 39.8 Å². The molecule has 25 heavy (non-hydrogen) atoms. The largest absolute Gasteiger partial charge is 0.493 e. The van der Waals surface area contributed by atoms with Crippen molar-refractivity contribution >= 4 is 17.3 Å².